The van der Waals surface area contributed by atoms with Gasteiger partial charge in [0, 0.05) is 5.69 Å². The molecule has 0 aliphatic heterocycles. The minimum atomic E-state index is -0.733. The minimum absolute atomic E-state index is 0.0726. The van der Waals surface area contributed by atoms with Crippen molar-refractivity contribution in [1.29, 1.82) is 0 Å². The predicted octanol–water partition coefficient (Wildman–Crippen LogP) is 1.62. The van der Waals surface area contributed by atoms with E-state index < -0.39 is 11.9 Å². The third-order valence-electron chi connectivity index (χ3n) is 4.32. The van der Waals surface area contributed by atoms with Crippen LogP contribution in [-0.4, -0.2) is 35.4 Å². The molecule has 7 nitrogen and oxygen atoms in total. The van der Waals surface area contributed by atoms with Crippen molar-refractivity contribution in [3.8, 4) is 0 Å². The number of aliphatic hydroxyl groups is 1. The molecule has 7 heteroatoms. The third kappa shape index (κ3) is 7.38. The van der Waals surface area contributed by atoms with Crippen LogP contribution in [0.5, 0.6) is 0 Å². The summed E-state index contributed by atoms with van der Waals surface area (Å²) in [6, 6.07) is 15.3. The molecule has 0 saturated carbocycles. The lowest BCUT2D eigenvalue weighted by atomic mass is 10.0. The molecule has 0 spiro atoms. The largest absolute Gasteiger partial charge is 0.392 e. The molecule has 2 rings (SSSR count). The number of rotatable bonds is 9. The van der Waals surface area contributed by atoms with E-state index in [0.717, 1.165) is 11.1 Å². The van der Waals surface area contributed by atoms with Crippen molar-refractivity contribution < 1.29 is 19.5 Å². The molecular formula is C22H27N3O4. The van der Waals surface area contributed by atoms with Crippen LogP contribution in [0.4, 0.5) is 5.69 Å². The maximum atomic E-state index is 12.5. The topological polar surface area (TPSA) is 108 Å². The average Bonchev–Trinajstić information content (AvgIpc) is 2.71. The third-order valence-corrected chi connectivity index (χ3v) is 4.32. The van der Waals surface area contributed by atoms with Gasteiger partial charge in [-0.15, -0.1) is 0 Å². The number of benzene rings is 2. The monoisotopic (exact) mass is 397 g/mol. The molecule has 0 aromatic heterocycles. The van der Waals surface area contributed by atoms with Crippen molar-refractivity contribution >= 4 is 23.4 Å². The van der Waals surface area contributed by atoms with E-state index in [4.69, 9.17) is 5.11 Å². The Kier molecular flexibility index (Phi) is 8.36. The van der Waals surface area contributed by atoms with E-state index in [-0.39, 0.29) is 37.3 Å². The molecule has 0 bridgehead atoms. The number of amides is 3. The first-order valence-corrected chi connectivity index (χ1v) is 9.49. The zero-order valence-electron chi connectivity index (χ0n) is 16.6. The Hall–Kier alpha value is -3.19. The number of anilines is 1. The van der Waals surface area contributed by atoms with Gasteiger partial charge in [0.2, 0.25) is 17.7 Å². The SMILES string of the molecule is CC(C)C(NC(=O)Cc1ccccc1)C(=O)NCC(=O)Nc1ccc(CO)cc1. The van der Waals surface area contributed by atoms with E-state index in [1.165, 1.54) is 0 Å². The van der Waals surface area contributed by atoms with Gasteiger partial charge in [0.1, 0.15) is 6.04 Å². The first kappa shape index (κ1) is 22.1. The Labute approximate surface area is 170 Å². The normalized spacial score (nSPS) is 11.6. The number of nitrogens with one attached hydrogen (secondary N) is 3. The number of carbonyl (C=O) groups excluding carboxylic acids is 3. The average molecular weight is 397 g/mol. The fourth-order valence-electron chi connectivity index (χ4n) is 2.72. The summed E-state index contributed by atoms with van der Waals surface area (Å²) < 4.78 is 0. The Morgan fingerprint density at radius 3 is 2.14 bits per heavy atom. The minimum Gasteiger partial charge on any atom is -0.392 e. The van der Waals surface area contributed by atoms with Gasteiger partial charge in [0.05, 0.1) is 19.6 Å². The van der Waals surface area contributed by atoms with Crippen LogP contribution in [0, 0.1) is 5.92 Å². The van der Waals surface area contributed by atoms with Crippen molar-refractivity contribution in [2.75, 3.05) is 11.9 Å². The standard InChI is InChI=1S/C22H27N3O4/c1-15(2)21(25-19(27)12-16-6-4-3-5-7-16)22(29)23-13-20(28)24-18-10-8-17(14-26)9-11-18/h3-11,15,21,26H,12-14H2,1-2H3,(H,23,29)(H,24,28)(H,25,27). The molecule has 0 fully saturated rings. The highest BCUT2D eigenvalue weighted by molar-refractivity contribution is 5.96. The van der Waals surface area contributed by atoms with E-state index in [2.05, 4.69) is 16.0 Å². The summed E-state index contributed by atoms with van der Waals surface area (Å²) >= 11 is 0. The maximum absolute atomic E-state index is 12.5. The van der Waals surface area contributed by atoms with E-state index in [1.807, 2.05) is 44.2 Å². The van der Waals surface area contributed by atoms with Crippen LogP contribution in [0.1, 0.15) is 25.0 Å². The summed E-state index contributed by atoms with van der Waals surface area (Å²) in [5.74, 6) is -1.18. The molecule has 2 aromatic rings. The van der Waals surface area contributed by atoms with E-state index in [9.17, 15) is 14.4 Å². The van der Waals surface area contributed by atoms with Gasteiger partial charge < -0.3 is 21.1 Å². The number of hydrogen-bond donors (Lipinski definition) is 4. The molecule has 0 aliphatic carbocycles. The van der Waals surface area contributed by atoms with Crippen LogP contribution < -0.4 is 16.0 Å². The summed E-state index contributed by atoms with van der Waals surface area (Å²) in [4.78, 5) is 36.8. The number of aliphatic hydroxyl groups excluding tert-OH is 1. The van der Waals surface area contributed by atoms with Gasteiger partial charge in [-0.05, 0) is 29.2 Å². The van der Waals surface area contributed by atoms with E-state index >= 15 is 0 Å². The molecule has 29 heavy (non-hydrogen) atoms. The number of hydrogen-bond acceptors (Lipinski definition) is 4. The predicted molar refractivity (Wildman–Crippen MR) is 111 cm³/mol. The lowest BCUT2D eigenvalue weighted by Gasteiger charge is -2.21. The first-order chi connectivity index (χ1) is 13.9. The summed E-state index contributed by atoms with van der Waals surface area (Å²) in [6.07, 6.45) is 0.182. The molecule has 0 heterocycles. The molecule has 0 saturated heterocycles. The van der Waals surface area contributed by atoms with Crippen molar-refractivity contribution in [2.24, 2.45) is 5.92 Å². The lowest BCUT2D eigenvalue weighted by molar-refractivity contribution is -0.130. The smallest absolute Gasteiger partial charge is 0.243 e. The molecule has 4 N–H and O–H groups in total. The molecule has 0 radical (unpaired) electrons. The van der Waals surface area contributed by atoms with Gasteiger partial charge in [0.25, 0.3) is 0 Å². The van der Waals surface area contributed by atoms with Gasteiger partial charge in [-0.25, -0.2) is 0 Å². The molecular weight excluding hydrogens is 370 g/mol. The Morgan fingerprint density at radius 1 is 0.897 bits per heavy atom. The highest BCUT2D eigenvalue weighted by Crippen LogP contribution is 2.09. The fourth-order valence-corrected chi connectivity index (χ4v) is 2.72. The lowest BCUT2D eigenvalue weighted by Crippen LogP contribution is -2.51. The Bertz CT molecular complexity index is 820. The summed E-state index contributed by atoms with van der Waals surface area (Å²) in [5.41, 5.74) is 2.17. The zero-order chi connectivity index (χ0) is 21.2. The second-order valence-electron chi connectivity index (χ2n) is 7.07. The molecule has 0 aliphatic rings. The van der Waals surface area contributed by atoms with Crippen LogP contribution in [-0.2, 0) is 27.4 Å². The van der Waals surface area contributed by atoms with Crippen LogP contribution >= 0.6 is 0 Å². The zero-order valence-corrected chi connectivity index (χ0v) is 16.6. The van der Waals surface area contributed by atoms with Crippen LogP contribution in [0.2, 0.25) is 0 Å². The summed E-state index contributed by atoms with van der Waals surface area (Å²) in [7, 11) is 0. The van der Waals surface area contributed by atoms with Crippen molar-refractivity contribution in [3.05, 3.63) is 65.7 Å². The first-order valence-electron chi connectivity index (χ1n) is 9.49. The molecule has 1 atom stereocenters. The maximum Gasteiger partial charge on any atom is 0.243 e. The van der Waals surface area contributed by atoms with Gasteiger partial charge in [-0.3, -0.25) is 14.4 Å². The highest BCUT2D eigenvalue weighted by Gasteiger charge is 2.24. The van der Waals surface area contributed by atoms with Gasteiger partial charge in [0.15, 0.2) is 0 Å². The second kappa shape index (κ2) is 11.0. The second-order valence-corrected chi connectivity index (χ2v) is 7.07. The molecule has 2 aromatic carbocycles. The van der Waals surface area contributed by atoms with Crippen LogP contribution in [0.15, 0.2) is 54.6 Å². The van der Waals surface area contributed by atoms with Gasteiger partial charge in [-0.2, -0.15) is 0 Å². The van der Waals surface area contributed by atoms with E-state index in [1.54, 1.807) is 24.3 Å². The van der Waals surface area contributed by atoms with Crippen molar-refractivity contribution in [2.45, 2.75) is 32.9 Å². The van der Waals surface area contributed by atoms with Gasteiger partial charge >= 0.3 is 0 Å². The van der Waals surface area contributed by atoms with E-state index in [0.29, 0.717) is 5.69 Å². The van der Waals surface area contributed by atoms with Crippen molar-refractivity contribution in [1.82, 2.24) is 10.6 Å². The Morgan fingerprint density at radius 2 is 1.55 bits per heavy atom. The van der Waals surface area contributed by atoms with Crippen molar-refractivity contribution in [3.63, 3.8) is 0 Å². The molecule has 154 valence electrons. The quantitative estimate of drug-likeness (QED) is 0.516. The summed E-state index contributed by atoms with van der Waals surface area (Å²) in [6.45, 7) is 3.38. The van der Waals surface area contributed by atoms with Gasteiger partial charge in [-0.1, -0.05) is 56.3 Å². The van der Waals surface area contributed by atoms with Crippen LogP contribution in [0.3, 0.4) is 0 Å². The van der Waals surface area contributed by atoms with Crippen LogP contribution in [0.25, 0.3) is 0 Å². The Balaban J connectivity index is 1.84. The highest BCUT2D eigenvalue weighted by atomic mass is 16.3. The number of carbonyl (C=O) groups is 3. The fraction of sp³-hybridized carbons (Fsp3) is 0.318. The molecule has 1 unspecified atom stereocenters. The molecule has 3 amide bonds. The summed E-state index contributed by atoms with van der Waals surface area (Å²) in [5, 5.41) is 17.0.